The van der Waals surface area contributed by atoms with Crippen LogP contribution < -0.4 is 0 Å². The molecule has 0 aromatic carbocycles. The van der Waals surface area contributed by atoms with Crippen molar-refractivity contribution in [3.63, 3.8) is 0 Å². The zero-order chi connectivity index (χ0) is 9.10. The van der Waals surface area contributed by atoms with Crippen molar-refractivity contribution in [2.24, 2.45) is 5.92 Å². The van der Waals surface area contributed by atoms with Crippen LogP contribution in [0, 0.1) is 5.92 Å². The van der Waals surface area contributed by atoms with Crippen LogP contribution >= 0.6 is 15.9 Å². The van der Waals surface area contributed by atoms with E-state index in [1.807, 2.05) is 12.5 Å². The minimum Gasteiger partial charge on any atom is -0.325 e. The summed E-state index contributed by atoms with van der Waals surface area (Å²) in [6.45, 7) is 1.14. The Kier molecular flexibility index (Phi) is 3.04. The lowest BCUT2D eigenvalue weighted by atomic mass is 9.89. The van der Waals surface area contributed by atoms with Gasteiger partial charge in [0, 0.05) is 6.54 Å². The van der Waals surface area contributed by atoms with Gasteiger partial charge in [0.15, 0.2) is 0 Å². The second-order valence-electron chi connectivity index (χ2n) is 3.87. The van der Waals surface area contributed by atoms with Gasteiger partial charge in [-0.05, 0) is 34.7 Å². The van der Waals surface area contributed by atoms with Crippen molar-refractivity contribution < 1.29 is 0 Å². The van der Waals surface area contributed by atoms with Crippen LogP contribution in [0.1, 0.15) is 32.1 Å². The van der Waals surface area contributed by atoms with Crippen molar-refractivity contribution in [1.29, 1.82) is 0 Å². The maximum Gasteiger partial charge on any atom is 0.104 e. The average Bonchev–Trinajstić information content (AvgIpc) is 2.54. The maximum atomic E-state index is 4.10. The number of rotatable bonds is 2. The lowest BCUT2D eigenvalue weighted by Crippen LogP contribution is -2.13. The molecule has 0 unspecified atom stereocenters. The molecule has 1 saturated carbocycles. The van der Waals surface area contributed by atoms with Crippen molar-refractivity contribution >= 4 is 15.9 Å². The summed E-state index contributed by atoms with van der Waals surface area (Å²) < 4.78 is 3.31. The molecule has 3 heteroatoms. The molecular formula is C10H15BrN2. The number of imidazole rings is 1. The van der Waals surface area contributed by atoms with Crippen molar-refractivity contribution in [3.05, 3.63) is 17.1 Å². The van der Waals surface area contributed by atoms with Crippen molar-refractivity contribution in [2.45, 2.75) is 38.6 Å². The highest BCUT2D eigenvalue weighted by Gasteiger charge is 2.14. The lowest BCUT2D eigenvalue weighted by Gasteiger charge is -2.21. The zero-order valence-corrected chi connectivity index (χ0v) is 9.33. The molecule has 1 aromatic heterocycles. The fourth-order valence-corrected chi connectivity index (χ4v) is 2.44. The van der Waals surface area contributed by atoms with Gasteiger partial charge >= 0.3 is 0 Å². The van der Waals surface area contributed by atoms with E-state index >= 15 is 0 Å². The maximum absolute atomic E-state index is 4.10. The van der Waals surface area contributed by atoms with Gasteiger partial charge in [-0.15, -0.1) is 0 Å². The van der Waals surface area contributed by atoms with Crippen LogP contribution in [0.2, 0.25) is 0 Å². The first kappa shape index (κ1) is 9.25. The number of nitrogens with zero attached hydrogens (tertiary/aromatic N) is 2. The van der Waals surface area contributed by atoms with Crippen LogP contribution in [0.5, 0.6) is 0 Å². The van der Waals surface area contributed by atoms with Crippen molar-refractivity contribution in [2.75, 3.05) is 0 Å². The summed E-state index contributed by atoms with van der Waals surface area (Å²) in [6.07, 6.45) is 10.8. The summed E-state index contributed by atoms with van der Waals surface area (Å²) in [5, 5.41) is 0. The Morgan fingerprint density at radius 1 is 1.38 bits per heavy atom. The van der Waals surface area contributed by atoms with Gasteiger partial charge in [0.2, 0.25) is 0 Å². The molecule has 0 N–H and O–H groups in total. The van der Waals surface area contributed by atoms with E-state index in [-0.39, 0.29) is 0 Å². The van der Waals surface area contributed by atoms with Gasteiger partial charge in [-0.3, -0.25) is 0 Å². The zero-order valence-electron chi connectivity index (χ0n) is 7.75. The standard InChI is InChI=1S/C10H15BrN2/c11-10-6-12-8-13(10)7-9-4-2-1-3-5-9/h6,8-9H,1-5,7H2. The van der Waals surface area contributed by atoms with Crippen molar-refractivity contribution in [3.8, 4) is 0 Å². The van der Waals surface area contributed by atoms with E-state index in [4.69, 9.17) is 0 Å². The molecule has 0 spiro atoms. The molecule has 72 valence electrons. The van der Waals surface area contributed by atoms with E-state index in [0.29, 0.717) is 0 Å². The molecule has 1 aliphatic carbocycles. The first-order chi connectivity index (χ1) is 6.36. The molecule has 2 rings (SSSR count). The Bertz CT molecular complexity index is 264. The van der Waals surface area contributed by atoms with Crippen LogP contribution in [-0.4, -0.2) is 9.55 Å². The minimum absolute atomic E-state index is 0.874. The highest BCUT2D eigenvalue weighted by Crippen LogP contribution is 2.25. The molecule has 0 saturated heterocycles. The molecular weight excluding hydrogens is 228 g/mol. The van der Waals surface area contributed by atoms with Gasteiger partial charge < -0.3 is 4.57 Å². The number of hydrogen-bond donors (Lipinski definition) is 0. The Hall–Kier alpha value is -0.310. The Labute approximate surface area is 87.5 Å². The molecule has 0 radical (unpaired) electrons. The van der Waals surface area contributed by atoms with Gasteiger partial charge in [-0.25, -0.2) is 4.98 Å². The second kappa shape index (κ2) is 4.27. The molecule has 2 nitrogen and oxygen atoms in total. The van der Waals surface area contributed by atoms with E-state index in [1.54, 1.807) is 0 Å². The molecule has 0 bridgehead atoms. The molecule has 0 aliphatic heterocycles. The van der Waals surface area contributed by atoms with Gasteiger partial charge in [0.05, 0.1) is 12.5 Å². The largest absolute Gasteiger partial charge is 0.325 e. The van der Waals surface area contributed by atoms with Gasteiger partial charge in [-0.1, -0.05) is 19.3 Å². The average molecular weight is 243 g/mol. The third-order valence-electron chi connectivity index (χ3n) is 2.84. The lowest BCUT2D eigenvalue weighted by molar-refractivity contribution is 0.317. The molecule has 1 aromatic rings. The first-order valence-electron chi connectivity index (χ1n) is 5.02. The van der Waals surface area contributed by atoms with Crippen LogP contribution in [0.4, 0.5) is 0 Å². The van der Waals surface area contributed by atoms with E-state index in [0.717, 1.165) is 17.1 Å². The molecule has 1 heterocycles. The Morgan fingerprint density at radius 2 is 2.15 bits per heavy atom. The topological polar surface area (TPSA) is 17.8 Å². The minimum atomic E-state index is 0.874. The molecule has 1 aliphatic rings. The number of hydrogen-bond acceptors (Lipinski definition) is 1. The molecule has 0 amide bonds. The molecule has 0 atom stereocenters. The Balaban J connectivity index is 1.93. The van der Waals surface area contributed by atoms with Crippen LogP contribution in [0.15, 0.2) is 17.1 Å². The fraction of sp³-hybridized carbons (Fsp3) is 0.700. The van der Waals surface area contributed by atoms with E-state index < -0.39 is 0 Å². The van der Waals surface area contributed by atoms with Crippen LogP contribution in [0.3, 0.4) is 0 Å². The summed E-state index contributed by atoms with van der Waals surface area (Å²) in [7, 11) is 0. The monoisotopic (exact) mass is 242 g/mol. The quantitative estimate of drug-likeness (QED) is 0.779. The smallest absolute Gasteiger partial charge is 0.104 e. The normalized spacial score (nSPS) is 19.2. The number of aromatic nitrogens is 2. The third-order valence-corrected chi connectivity index (χ3v) is 3.50. The summed E-state index contributed by atoms with van der Waals surface area (Å²) in [5.41, 5.74) is 0. The first-order valence-corrected chi connectivity index (χ1v) is 5.81. The highest BCUT2D eigenvalue weighted by atomic mass is 79.9. The third kappa shape index (κ3) is 2.33. The highest BCUT2D eigenvalue weighted by molar-refractivity contribution is 9.10. The molecule has 13 heavy (non-hydrogen) atoms. The van der Waals surface area contributed by atoms with Crippen LogP contribution in [-0.2, 0) is 6.54 Å². The predicted octanol–water partition coefficient (Wildman–Crippen LogP) is 3.23. The van der Waals surface area contributed by atoms with E-state index in [2.05, 4.69) is 25.5 Å². The van der Waals surface area contributed by atoms with Gasteiger partial charge in [0.25, 0.3) is 0 Å². The van der Waals surface area contributed by atoms with Gasteiger partial charge in [-0.2, -0.15) is 0 Å². The summed E-state index contributed by atoms with van der Waals surface area (Å²) in [5.74, 6) is 0.874. The van der Waals surface area contributed by atoms with Crippen molar-refractivity contribution in [1.82, 2.24) is 9.55 Å². The second-order valence-corrected chi connectivity index (χ2v) is 4.69. The fourth-order valence-electron chi connectivity index (χ4n) is 2.09. The molecule has 1 fully saturated rings. The summed E-state index contributed by atoms with van der Waals surface area (Å²) in [4.78, 5) is 4.10. The summed E-state index contributed by atoms with van der Waals surface area (Å²) in [6, 6.07) is 0. The van der Waals surface area contributed by atoms with E-state index in [9.17, 15) is 0 Å². The predicted molar refractivity (Wildman–Crippen MR) is 56.5 cm³/mol. The SMILES string of the molecule is Brc1cncn1CC1CCCCC1. The van der Waals surface area contributed by atoms with E-state index in [1.165, 1.54) is 32.1 Å². The summed E-state index contributed by atoms with van der Waals surface area (Å²) >= 11 is 3.49. The van der Waals surface area contributed by atoms with Gasteiger partial charge in [0.1, 0.15) is 4.60 Å². The Morgan fingerprint density at radius 3 is 2.77 bits per heavy atom. The number of halogens is 1. The van der Waals surface area contributed by atoms with Crippen LogP contribution in [0.25, 0.3) is 0 Å².